The SMILES string of the molecule is CCCCCCCCCCC(CCC(O)CCCCCCCC)S(=O)(=O)[O-].[K+]. The first-order valence-corrected chi connectivity index (χ1v) is 13.0. The maximum Gasteiger partial charge on any atom is 1.00 e. The summed E-state index contributed by atoms with van der Waals surface area (Å²) in [4.78, 5) is 0. The van der Waals surface area contributed by atoms with Crippen molar-refractivity contribution in [3.8, 4) is 0 Å². The molecule has 6 heteroatoms. The third-order valence-corrected chi connectivity index (χ3v) is 6.79. The molecule has 0 fully saturated rings. The minimum atomic E-state index is -4.26. The maximum atomic E-state index is 11.5. The Balaban J connectivity index is 0. The zero-order valence-electron chi connectivity index (χ0n) is 19.0. The molecule has 0 aromatic carbocycles. The fourth-order valence-electron chi connectivity index (χ4n) is 3.62. The first-order chi connectivity index (χ1) is 12.9. The molecule has 0 aromatic heterocycles. The summed E-state index contributed by atoms with van der Waals surface area (Å²) >= 11 is 0. The molecule has 0 aliphatic heterocycles. The summed E-state index contributed by atoms with van der Waals surface area (Å²) < 4.78 is 34.5. The van der Waals surface area contributed by atoms with Gasteiger partial charge in [0, 0.05) is 5.25 Å². The third kappa shape index (κ3) is 20.8. The quantitative estimate of drug-likeness (QED) is 0.177. The van der Waals surface area contributed by atoms with Gasteiger partial charge in [-0.15, -0.1) is 0 Å². The van der Waals surface area contributed by atoms with Gasteiger partial charge in [-0.25, -0.2) is 8.42 Å². The Morgan fingerprint density at radius 3 is 1.46 bits per heavy atom. The minimum absolute atomic E-state index is 0. The predicted octanol–water partition coefficient (Wildman–Crippen LogP) is 3.33. The Labute approximate surface area is 218 Å². The van der Waals surface area contributed by atoms with Crippen molar-refractivity contribution in [3.05, 3.63) is 0 Å². The van der Waals surface area contributed by atoms with Gasteiger partial charge in [-0.2, -0.15) is 0 Å². The van der Waals surface area contributed by atoms with E-state index in [1.165, 1.54) is 57.8 Å². The Morgan fingerprint density at radius 2 is 1.04 bits per heavy atom. The Kier molecular flexibility index (Phi) is 24.6. The molecule has 164 valence electrons. The molecule has 0 rings (SSSR count). The van der Waals surface area contributed by atoms with Crippen LogP contribution in [0.4, 0.5) is 0 Å². The van der Waals surface area contributed by atoms with Crippen LogP contribution in [-0.4, -0.2) is 29.4 Å². The molecule has 0 aliphatic carbocycles. The number of rotatable bonds is 20. The number of aliphatic hydroxyl groups is 1. The molecule has 0 aliphatic rings. The van der Waals surface area contributed by atoms with E-state index in [2.05, 4.69) is 13.8 Å². The van der Waals surface area contributed by atoms with E-state index >= 15 is 0 Å². The Hall–Kier alpha value is 1.51. The van der Waals surface area contributed by atoms with Crippen molar-refractivity contribution in [3.63, 3.8) is 0 Å². The van der Waals surface area contributed by atoms with Crippen LogP contribution in [0.3, 0.4) is 0 Å². The van der Waals surface area contributed by atoms with Gasteiger partial charge < -0.3 is 9.66 Å². The van der Waals surface area contributed by atoms with Gasteiger partial charge in [-0.3, -0.25) is 0 Å². The summed E-state index contributed by atoms with van der Waals surface area (Å²) in [5, 5.41) is 9.26. The maximum absolute atomic E-state index is 11.5. The predicted molar refractivity (Wildman–Crippen MR) is 114 cm³/mol. The van der Waals surface area contributed by atoms with Gasteiger partial charge >= 0.3 is 51.4 Å². The molecule has 2 unspecified atom stereocenters. The molecule has 4 nitrogen and oxygen atoms in total. The van der Waals surface area contributed by atoms with E-state index in [4.69, 9.17) is 0 Å². The van der Waals surface area contributed by atoms with Crippen LogP contribution in [0.15, 0.2) is 0 Å². The molecular weight excluding hydrogens is 399 g/mol. The number of unbranched alkanes of at least 4 members (excludes halogenated alkanes) is 12. The second-order valence-corrected chi connectivity index (χ2v) is 9.82. The zero-order chi connectivity index (χ0) is 20.4. The molecule has 0 saturated heterocycles. The van der Waals surface area contributed by atoms with Gasteiger partial charge in [0.25, 0.3) is 0 Å². The van der Waals surface area contributed by atoms with E-state index in [9.17, 15) is 18.1 Å². The molecule has 2 atom stereocenters. The normalized spacial score (nSPS) is 13.9. The van der Waals surface area contributed by atoms with Crippen molar-refractivity contribution in [1.29, 1.82) is 0 Å². The van der Waals surface area contributed by atoms with Crippen molar-refractivity contribution in [2.75, 3.05) is 0 Å². The molecule has 0 bridgehead atoms. The van der Waals surface area contributed by atoms with E-state index in [0.717, 1.165) is 38.5 Å². The molecule has 0 heterocycles. The summed E-state index contributed by atoms with van der Waals surface area (Å²) in [6.07, 6.45) is 17.7. The van der Waals surface area contributed by atoms with Gasteiger partial charge in [0.2, 0.25) is 0 Å². The molecule has 0 spiro atoms. The third-order valence-electron chi connectivity index (χ3n) is 5.50. The van der Waals surface area contributed by atoms with Crippen LogP contribution in [0.2, 0.25) is 0 Å². The molecule has 0 aromatic rings. The fourth-order valence-corrected chi connectivity index (χ4v) is 4.50. The smallest absolute Gasteiger partial charge is 0.748 e. The fraction of sp³-hybridized carbons (Fsp3) is 1.00. The van der Waals surface area contributed by atoms with Gasteiger partial charge in [0.05, 0.1) is 16.2 Å². The number of hydrogen-bond donors (Lipinski definition) is 1. The molecule has 0 amide bonds. The van der Waals surface area contributed by atoms with Crippen molar-refractivity contribution >= 4 is 10.1 Å². The van der Waals surface area contributed by atoms with Crippen molar-refractivity contribution < 1.29 is 69.5 Å². The van der Waals surface area contributed by atoms with Crippen molar-refractivity contribution in [1.82, 2.24) is 0 Å². The minimum Gasteiger partial charge on any atom is -0.748 e. The van der Waals surface area contributed by atoms with E-state index in [1.54, 1.807) is 0 Å². The van der Waals surface area contributed by atoms with Crippen LogP contribution in [0.5, 0.6) is 0 Å². The van der Waals surface area contributed by atoms with Crippen LogP contribution in [0.1, 0.15) is 129 Å². The molecular formula is C22H45KO4S. The van der Waals surface area contributed by atoms with E-state index in [0.29, 0.717) is 19.3 Å². The second-order valence-electron chi connectivity index (χ2n) is 8.17. The van der Waals surface area contributed by atoms with Crippen LogP contribution in [0, 0.1) is 0 Å². The largest absolute Gasteiger partial charge is 1.00 e. The van der Waals surface area contributed by atoms with Crippen molar-refractivity contribution in [2.45, 2.75) is 141 Å². The first kappa shape index (κ1) is 31.7. The second kappa shape index (κ2) is 21.7. The van der Waals surface area contributed by atoms with E-state index < -0.39 is 21.5 Å². The summed E-state index contributed by atoms with van der Waals surface area (Å²) in [6.45, 7) is 4.39. The van der Waals surface area contributed by atoms with Crippen LogP contribution in [-0.2, 0) is 10.1 Å². The summed E-state index contributed by atoms with van der Waals surface area (Å²) in [5.74, 6) is 0. The van der Waals surface area contributed by atoms with Gasteiger partial charge in [0.15, 0.2) is 0 Å². The van der Waals surface area contributed by atoms with E-state index in [1.807, 2.05) is 0 Å². The molecule has 0 radical (unpaired) electrons. The topological polar surface area (TPSA) is 77.4 Å². The van der Waals surface area contributed by atoms with Gasteiger partial charge in [0.1, 0.15) is 0 Å². The van der Waals surface area contributed by atoms with E-state index in [-0.39, 0.29) is 51.4 Å². The monoisotopic (exact) mass is 444 g/mol. The summed E-state index contributed by atoms with van der Waals surface area (Å²) in [7, 11) is -4.26. The van der Waals surface area contributed by atoms with Gasteiger partial charge in [-0.1, -0.05) is 104 Å². The molecule has 0 saturated carbocycles. The average molecular weight is 445 g/mol. The summed E-state index contributed by atoms with van der Waals surface area (Å²) in [5.41, 5.74) is 0. The standard InChI is InChI=1S/C22H46O4S.K/c1-3-5-7-9-11-12-14-16-18-22(27(24,25)26)20-19-21(23)17-15-13-10-8-6-4-2;/h21-23H,3-20H2,1-2H3,(H,24,25,26);/q;+1/p-1. The zero-order valence-corrected chi connectivity index (χ0v) is 22.9. The Morgan fingerprint density at radius 1 is 0.643 bits per heavy atom. The van der Waals surface area contributed by atoms with Gasteiger partial charge in [-0.05, 0) is 25.7 Å². The number of hydrogen-bond acceptors (Lipinski definition) is 4. The Bertz CT molecular complexity index is 415. The average Bonchev–Trinajstić information content (AvgIpc) is 2.61. The molecule has 28 heavy (non-hydrogen) atoms. The van der Waals surface area contributed by atoms with Crippen LogP contribution in [0.25, 0.3) is 0 Å². The van der Waals surface area contributed by atoms with Crippen molar-refractivity contribution in [2.24, 2.45) is 0 Å². The summed E-state index contributed by atoms with van der Waals surface area (Å²) in [6, 6.07) is 0. The van der Waals surface area contributed by atoms with Crippen LogP contribution < -0.4 is 51.4 Å². The first-order valence-electron chi connectivity index (χ1n) is 11.5. The molecule has 1 N–H and O–H groups in total. The number of aliphatic hydroxyl groups excluding tert-OH is 1. The van der Waals surface area contributed by atoms with Crippen LogP contribution >= 0.6 is 0 Å².